The Bertz CT molecular complexity index is 484. The summed E-state index contributed by atoms with van der Waals surface area (Å²) >= 11 is 7.35. The SMILES string of the molecule is COc1cc(Cl)ccc1-c1nc(N)cs1. The summed E-state index contributed by atoms with van der Waals surface area (Å²) in [5.41, 5.74) is 6.48. The molecule has 0 radical (unpaired) electrons. The third kappa shape index (κ3) is 2.06. The fraction of sp³-hybridized carbons (Fsp3) is 0.100. The van der Waals surface area contributed by atoms with Gasteiger partial charge in [-0.2, -0.15) is 0 Å². The van der Waals surface area contributed by atoms with Gasteiger partial charge in [0.1, 0.15) is 16.6 Å². The Morgan fingerprint density at radius 3 is 2.87 bits per heavy atom. The zero-order chi connectivity index (χ0) is 10.8. The van der Waals surface area contributed by atoms with Gasteiger partial charge in [0.15, 0.2) is 0 Å². The molecule has 2 N–H and O–H groups in total. The predicted octanol–water partition coefficient (Wildman–Crippen LogP) is 3.05. The van der Waals surface area contributed by atoms with Gasteiger partial charge in [0.2, 0.25) is 0 Å². The fourth-order valence-corrected chi connectivity index (χ4v) is 2.15. The van der Waals surface area contributed by atoms with Crippen molar-refractivity contribution in [2.24, 2.45) is 0 Å². The fourth-order valence-electron chi connectivity index (χ4n) is 1.25. The number of aromatic nitrogens is 1. The molecule has 0 saturated carbocycles. The molecule has 0 amide bonds. The molecule has 0 atom stereocenters. The molecule has 0 aliphatic carbocycles. The smallest absolute Gasteiger partial charge is 0.135 e. The molecular weight excluding hydrogens is 232 g/mol. The maximum Gasteiger partial charge on any atom is 0.135 e. The van der Waals surface area contributed by atoms with Gasteiger partial charge in [-0.05, 0) is 18.2 Å². The normalized spacial score (nSPS) is 10.3. The maximum atomic E-state index is 5.87. The summed E-state index contributed by atoms with van der Waals surface area (Å²) in [5, 5.41) is 3.27. The van der Waals surface area contributed by atoms with Crippen molar-refractivity contribution in [1.29, 1.82) is 0 Å². The van der Waals surface area contributed by atoms with Gasteiger partial charge >= 0.3 is 0 Å². The van der Waals surface area contributed by atoms with E-state index in [1.165, 1.54) is 11.3 Å². The van der Waals surface area contributed by atoms with Crippen LogP contribution in [0, 0.1) is 0 Å². The Kier molecular flexibility index (Phi) is 2.79. The van der Waals surface area contributed by atoms with Gasteiger partial charge in [0.05, 0.1) is 12.7 Å². The van der Waals surface area contributed by atoms with Gasteiger partial charge in [0, 0.05) is 10.4 Å². The predicted molar refractivity (Wildman–Crippen MR) is 63.5 cm³/mol. The molecule has 0 spiro atoms. The van der Waals surface area contributed by atoms with Crippen LogP contribution in [-0.4, -0.2) is 12.1 Å². The highest BCUT2D eigenvalue weighted by Crippen LogP contribution is 2.34. The van der Waals surface area contributed by atoms with Gasteiger partial charge in [-0.1, -0.05) is 11.6 Å². The maximum absolute atomic E-state index is 5.87. The van der Waals surface area contributed by atoms with Crippen molar-refractivity contribution in [3.8, 4) is 16.3 Å². The zero-order valence-electron chi connectivity index (χ0n) is 8.03. The summed E-state index contributed by atoms with van der Waals surface area (Å²) in [4.78, 5) is 4.19. The molecule has 0 aliphatic heterocycles. The first-order valence-corrected chi connectivity index (χ1v) is 5.51. The number of nitrogens with two attached hydrogens (primary N) is 1. The first-order valence-electron chi connectivity index (χ1n) is 4.25. The van der Waals surface area contributed by atoms with Crippen molar-refractivity contribution in [1.82, 2.24) is 4.98 Å². The third-order valence-electron chi connectivity index (χ3n) is 1.92. The van der Waals surface area contributed by atoms with Gasteiger partial charge < -0.3 is 10.5 Å². The van der Waals surface area contributed by atoms with E-state index in [0.29, 0.717) is 16.6 Å². The number of hydrogen-bond acceptors (Lipinski definition) is 4. The van der Waals surface area contributed by atoms with Crippen LogP contribution in [0.25, 0.3) is 10.6 Å². The summed E-state index contributed by atoms with van der Waals surface area (Å²) in [5.74, 6) is 1.23. The summed E-state index contributed by atoms with van der Waals surface area (Å²) in [7, 11) is 1.60. The number of benzene rings is 1. The second-order valence-corrected chi connectivity index (χ2v) is 4.22. The van der Waals surface area contributed by atoms with Gasteiger partial charge in [-0.3, -0.25) is 0 Å². The number of thiazole rings is 1. The molecule has 0 unspecified atom stereocenters. The Hall–Kier alpha value is -1.26. The largest absolute Gasteiger partial charge is 0.496 e. The van der Waals surface area contributed by atoms with Crippen LogP contribution in [0.1, 0.15) is 0 Å². The van der Waals surface area contributed by atoms with Gasteiger partial charge in [-0.15, -0.1) is 11.3 Å². The third-order valence-corrected chi connectivity index (χ3v) is 3.04. The summed E-state index contributed by atoms with van der Waals surface area (Å²) in [6.07, 6.45) is 0. The van der Waals surface area contributed by atoms with Crippen molar-refractivity contribution < 1.29 is 4.74 Å². The molecule has 0 saturated heterocycles. The van der Waals surface area contributed by atoms with E-state index in [1.807, 2.05) is 6.07 Å². The van der Waals surface area contributed by atoms with Crippen molar-refractivity contribution in [2.75, 3.05) is 12.8 Å². The van der Waals surface area contributed by atoms with Crippen LogP contribution in [0.15, 0.2) is 23.6 Å². The van der Waals surface area contributed by atoms with Crippen LogP contribution >= 0.6 is 22.9 Å². The molecule has 3 nitrogen and oxygen atoms in total. The zero-order valence-corrected chi connectivity index (χ0v) is 9.60. The van der Waals surface area contributed by atoms with Crippen LogP contribution in [0.2, 0.25) is 5.02 Å². The van der Waals surface area contributed by atoms with Crippen LogP contribution in [-0.2, 0) is 0 Å². The minimum atomic E-state index is 0.520. The molecule has 2 rings (SSSR count). The number of halogens is 1. The number of nitrogen functional groups attached to an aromatic ring is 1. The molecule has 1 aromatic carbocycles. The van der Waals surface area contributed by atoms with E-state index < -0.39 is 0 Å². The Balaban J connectivity index is 2.52. The lowest BCUT2D eigenvalue weighted by Gasteiger charge is -2.05. The van der Waals surface area contributed by atoms with E-state index in [2.05, 4.69) is 4.98 Å². The van der Waals surface area contributed by atoms with Crippen molar-refractivity contribution >= 4 is 28.8 Å². The Morgan fingerprint density at radius 1 is 1.47 bits per heavy atom. The average Bonchev–Trinajstić information content (AvgIpc) is 2.64. The molecule has 0 bridgehead atoms. The standard InChI is InChI=1S/C10H9ClN2OS/c1-14-8-4-6(11)2-3-7(8)10-13-9(12)5-15-10/h2-5H,12H2,1H3. The van der Waals surface area contributed by atoms with E-state index in [4.69, 9.17) is 22.1 Å². The number of anilines is 1. The van der Waals surface area contributed by atoms with Crippen molar-refractivity contribution in [3.05, 3.63) is 28.6 Å². The van der Waals surface area contributed by atoms with Crippen LogP contribution in [0.4, 0.5) is 5.82 Å². The molecular formula is C10H9ClN2OS. The quantitative estimate of drug-likeness (QED) is 0.878. The van der Waals surface area contributed by atoms with Crippen LogP contribution in [0.3, 0.4) is 0 Å². The monoisotopic (exact) mass is 240 g/mol. The first kappa shape index (κ1) is 10.3. The second-order valence-electron chi connectivity index (χ2n) is 2.92. The number of nitrogens with zero attached hydrogens (tertiary/aromatic N) is 1. The van der Waals surface area contributed by atoms with Crippen molar-refractivity contribution in [2.45, 2.75) is 0 Å². The van der Waals surface area contributed by atoms with E-state index in [9.17, 15) is 0 Å². The van der Waals surface area contributed by atoms with E-state index in [1.54, 1.807) is 24.6 Å². The number of hydrogen-bond donors (Lipinski definition) is 1. The lowest BCUT2D eigenvalue weighted by atomic mass is 10.2. The molecule has 0 fully saturated rings. The van der Waals surface area contributed by atoms with Crippen LogP contribution in [0.5, 0.6) is 5.75 Å². The van der Waals surface area contributed by atoms with E-state index >= 15 is 0 Å². The molecule has 15 heavy (non-hydrogen) atoms. The molecule has 1 aromatic heterocycles. The average molecular weight is 241 g/mol. The second kappa shape index (κ2) is 4.08. The van der Waals surface area contributed by atoms with Gasteiger partial charge in [0.25, 0.3) is 0 Å². The van der Waals surface area contributed by atoms with Crippen molar-refractivity contribution in [3.63, 3.8) is 0 Å². The highest BCUT2D eigenvalue weighted by molar-refractivity contribution is 7.13. The minimum absolute atomic E-state index is 0.520. The highest BCUT2D eigenvalue weighted by atomic mass is 35.5. The molecule has 5 heteroatoms. The molecule has 0 aliphatic rings. The topological polar surface area (TPSA) is 48.1 Å². The Labute approximate surface area is 96.5 Å². The number of methoxy groups -OCH3 is 1. The molecule has 2 aromatic rings. The number of ether oxygens (including phenoxy) is 1. The minimum Gasteiger partial charge on any atom is -0.496 e. The lowest BCUT2D eigenvalue weighted by Crippen LogP contribution is -1.88. The lowest BCUT2D eigenvalue weighted by molar-refractivity contribution is 0.416. The summed E-state index contributed by atoms with van der Waals surface area (Å²) in [6.45, 7) is 0. The molecule has 1 heterocycles. The first-order chi connectivity index (χ1) is 7.20. The van der Waals surface area contributed by atoms with E-state index in [-0.39, 0.29) is 0 Å². The highest BCUT2D eigenvalue weighted by Gasteiger charge is 2.09. The Morgan fingerprint density at radius 2 is 2.27 bits per heavy atom. The van der Waals surface area contributed by atoms with Crippen LogP contribution < -0.4 is 10.5 Å². The molecule has 78 valence electrons. The summed E-state index contributed by atoms with van der Waals surface area (Å²) in [6, 6.07) is 5.44. The number of rotatable bonds is 2. The van der Waals surface area contributed by atoms with E-state index in [0.717, 1.165) is 10.6 Å². The van der Waals surface area contributed by atoms with Gasteiger partial charge in [-0.25, -0.2) is 4.98 Å². The summed E-state index contributed by atoms with van der Waals surface area (Å²) < 4.78 is 5.23.